The summed E-state index contributed by atoms with van der Waals surface area (Å²) in [5.74, 6) is 0.499. The van der Waals surface area contributed by atoms with Crippen LogP contribution in [0.1, 0.15) is 37.6 Å². The van der Waals surface area contributed by atoms with E-state index in [9.17, 15) is 4.79 Å². The van der Waals surface area contributed by atoms with E-state index in [1.807, 2.05) is 0 Å². The average molecular weight is 242 g/mol. The molecule has 0 aliphatic carbocycles. The number of nitrogens with zero attached hydrogens (tertiary/aromatic N) is 2. The Morgan fingerprint density at radius 2 is 2.12 bits per heavy atom. The van der Waals surface area contributed by atoms with E-state index in [0.29, 0.717) is 17.7 Å². The number of carbonyl (C=O) groups is 1. The largest absolute Gasteiger partial charge is 0.369 e. The maximum absolute atomic E-state index is 10.8. The molecule has 0 atom stereocenters. The number of aromatic nitrogens is 2. The third-order valence-electron chi connectivity index (χ3n) is 2.12. The number of rotatable bonds is 4. The van der Waals surface area contributed by atoms with Crippen LogP contribution in [0.25, 0.3) is 0 Å². The van der Waals surface area contributed by atoms with E-state index in [1.165, 1.54) is 6.33 Å². The highest BCUT2D eigenvalue weighted by molar-refractivity contribution is 6.32. The van der Waals surface area contributed by atoms with Crippen molar-refractivity contribution in [3.05, 3.63) is 17.0 Å². The quantitative estimate of drug-likeness (QED) is 0.651. The first-order chi connectivity index (χ1) is 7.44. The third kappa shape index (κ3) is 3.77. The van der Waals surface area contributed by atoms with Crippen LogP contribution < -0.4 is 5.32 Å². The van der Waals surface area contributed by atoms with Crippen LogP contribution in [-0.2, 0) is 0 Å². The Morgan fingerprint density at radius 1 is 1.44 bits per heavy atom. The van der Waals surface area contributed by atoms with Gasteiger partial charge in [-0.25, -0.2) is 9.97 Å². The molecule has 0 spiro atoms. The van der Waals surface area contributed by atoms with Gasteiger partial charge in [0.25, 0.3) is 0 Å². The second-order valence-corrected chi connectivity index (χ2v) is 5.14. The Kier molecular flexibility index (Phi) is 4.24. The van der Waals surface area contributed by atoms with Crippen molar-refractivity contribution in [1.82, 2.24) is 9.97 Å². The zero-order valence-corrected chi connectivity index (χ0v) is 10.5. The van der Waals surface area contributed by atoms with Gasteiger partial charge in [0.1, 0.15) is 17.3 Å². The lowest BCUT2D eigenvalue weighted by Crippen LogP contribution is -2.14. The second kappa shape index (κ2) is 5.25. The summed E-state index contributed by atoms with van der Waals surface area (Å²) in [4.78, 5) is 18.5. The number of hydrogen-bond acceptors (Lipinski definition) is 4. The maximum atomic E-state index is 10.8. The number of halogens is 1. The van der Waals surface area contributed by atoms with Crippen molar-refractivity contribution < 1.29 is 4.79 Å². The zero-order chi connectivity index (χ0) is 12.2. The molecule has 1 N–H and O–H groups in total. The third-order valence-corrected chi connectivity index (χ3v) is 2.42. The monoisotopic (exact) mass is 241 g/mol. The van der Waals surface area contributed by atoms with Crippen molar-refractivity contribution >= 4 is 23.7 Å². The molecule has 88 valence electrons. The number of anilines is 1. The second-order valence-electron chi connectivity index (χ2n) is 4.78. The van der Waals surface area contributed by atoms with Gasteiger partial charge in [0.15, 0.2) is 6.29 Å². The molecule has 1 rings (SSSR count). The van der Waals surface area contributed by atoms with Gasteiger partial charge in [0, 0.05) is 6.54 Å². The lowest BCUT2D eigenvalue weighted by Gasteiger charge is -2.18. The first kappa shape index (κ1) is 12.9. The minimum absolute atomic E-state index is 0.184. The van der Waals surface area contributed by atoms with E-state index in [2.05, 4.69) is 36.1 Å². The fourth-order valence-electron chi connectivity index (χ4n) is 1.18. The Hall–Kier alpha value is -1.16. The fourth-order valence-corrected chi connectivity index (χ4v) is 1.35. The van der Waals surface area contributed by atoms with Crippen molar-refractivity contribution in [3.63, 3.8) is 0 Å². The standard InChI is InChI=1S/C11H16ClN3O/c1-11(2,3)4-5-13-10-8(6-16)9(12)14-7-15-10/h6-7H,4-5H2,1-3H3,(H,13,14,15). The molecular weight excluding hydrogens is 226 g/mol. The zero-order valence-electron chi connectivity index (χ0n) is 9.75. The molecule has 0 aliphatic heterocycles. The number of aldehydes is 1. The molecule has 0 saturated heterocycles. The number of carbonyl (C=O) groups excluding carboxylic acids is 1. The normalized spacial score (nSPS) is 11.2. The van der Waals surface area contributed by atoms with Crippen LogP contribution >= 0.6 is 11.6 Å². The highest BCUT2D eigenvalue weighted by Gasteiger charge is 2.12. The summed E-state index contributed by atoms with van der Waals surface area (Å²) in [6.45, 7) is 7.21. The highest BCUT2D eigenvalue weighted by atomic mass is 35.5. The van der Waals surface area contributed by atoms with E-state index in [-0.39, 0.29) is 10.6 Å². The summed E-state index contributed by atoms with van der Waals surface area (Å²) in [6, 6.07) is 0. The van der Waals surface area contributed by atoms with E-state index in [1.54, 1.807) is 0 Å². The van der Waals surface area contributed by atoms with Crippen LogP contribution in [0.4, 0.5) is 5.82 Å². The smallest absolute Gasteiger partial charge is 0.156 e. The molecule has 0 aliphatic rings. The SMILES string of the molecule is CC(C)(C)CCNc1ncnc(Cl)c1C=O. The molecule has 0 saturated carbocycles. The van der Waals surface area contributed by atoms with E-state index in [4.69, 9.17) is 11.6 Å². The molecular formula is C11H16ClN3O. The van der Waals surface area contributed by atoms with Gasteiger partial charge in [-0.05, 0) is 11.8 Å². The molecule has 1 heterocycles. The summed E-state index contributed by atoms with van der Waals surface area (Å²) >= 11 is 5.78. The molecule has 1 aromatic rings. The first-order valence-electron chi connectivity index (χ1n) is 5.13. The Labute approximate surface area is 100 Å². The Morgan fingerprint density at radius 3 is 2.69 bits per heavy atom. The summed E-state index contributed by atoms with van der Waals surface area (Å²) < 4.78 is 0. The molecule has 16 heavy (non-hydrogen) atoms. The van der Waals surface area contributed by atoms with Crippen molar-refractivity contribution in [2.24, 2.45) is 5.41 Å². The minimum atomic E-state index is 0.184. The van der Waals surface area contributed by atoms with Crippen LogP contribution in [0.3, 0.4) is 0 Å². The molecule has 4 nitrogen and oxygen atoms in total. The molecule has 0 amide bonds. The van der Waals surface area contributed by atoms with Crippen LogP contribution in [-0.4, -0.2) is 22.8 Å². The molecule has 0 fully saturated rings. The van der Waals surface area contributed by atoms with Gasteiger partial charge in [-0.1, -0.05) is 32.4 Å². The van der Waals surface area contributed by atoms with Crippen LogP contribution in [0.15, 0.2) is 6.33 Å². The van der Waals surface area contributed by atoms with Crippen molar-refractivity contribution in [2.45, 2.75) is 27.2 Å². The van der Waals surface area contributed by atoms with Gasteiger partial charge in [-0.15, -0.1) is 0 Å². The minimum Gasteiger partial charge on any atom is -0.369 e. The highest BCUT2D eigenvalue weighted by Crippen LogP contribution is 2.20. The molecule has 0 unspecified atom stereocenters. The lowest BCUT2D eigenvalue weighted by atomic mass is 9.92. The molecule has 0 aromatic carbocycles. The lowest BCUT2D eigenvalue weighted by molar-refractivity contribution is 0.112. The average Bonchev–Trinajstić information content (AvgIpc) is 2.16. The van der Waals surface area contributed by atoms with E-state index >= 15 is 0 Å². The van der Waals surface area contributed by atoms with E-state index < -0.39 is 0 Å². The summed E-state index contributed by atoms with van der Waals surface area (Å²) in [7, 11) is 0. The van der Waals surface area contributed by atoms with Gasteiger partial charge in [-0.3, -0.25) is 4.79 Å². The molecule has 0 bridgehead atoms. The fraction of sp³-hybridized carbons (Fsp3) is 0.545. The Balaban J connectivity index is 2.67. The first-order valence-corrected chi connectivity index (χ1v) is 5.51. The number of hydrogen-bond donors (Lipinski definition) is 1. The summed E-state index contributed by atoms with van der Waals surface area (Å²) in [5, 5.41) is 3.28. The maximum Gasteiger partial charge on any atom is 0.156 e. The predicted octanol–water partition coefficient (Wildman–Crippen LogP) is 2.79. The van der Waals surface area contributed by atoms with Crippen molar-refractivity contribution in [2.75, 3.05) is 11.9 Å². The summed E-state index contributed by atoms with van der Waals surface area (Å²) in [6.07, 6.45) is 2.99. The Bertz CT molecular complexity index is 374. The topological polar surface area (TPSA) is 54.9 Å². The molecule has 0 radical (unpaired) electrons. The van der Waals surface area contributed by atoms with Crippen LogP contribution in [0.5, 0.6) is 0 Å². The van der Waals surface area contributed by atoms with Gasteiger partial charge in [0.05, 0.1) is 5.56 Å². The van der Waals surface area contributed by atoms with Crippen LogP contribution in [0.2, 0.25) is 5.15 Å². The van der Waals surface area contributed by atoms with E-state index in [0.717, 1.165) is 13.0 Å². The number of nitrogens with one attached hydrogen (secondary N) is 1. The van der Waals surface area contributed by atoms with Gasteiger partial charge in [-0.2, -0.15) is 0 Å². The van der Waals surface area contributed by atoms with Crippen molar-refractivity contribution in [3.8, 4) is 0 Å². The molecule has 1 aromatic heterocycles. The van der Waals surface area contributed by atoms with Gasteiger partial charge >= 0.3 is 0 Å². The molecule has 5 heteroatoms. The van der Waals surface area contributed by atoms with Crippen LogP contribution in [0, 0.1) is 5.41 Å². The van der Waals surface area contributed by atoms with Gasteiger partial charge < -0.3 is 5.32 Å². The predicted molar refractivity (Wildman–Crippen MR) is 65.0 cm³/mol. The summed E-state index contributed by atoms with van der Waals surface area (Å²) in [5.41, 5.74) is 0.559. The van der Waals surface area contributed by atoms with Crippen molar-refractivity contribution in [1.29, 1.82) is 0 Å². The van der Waals surface area contributed by atoms with Gasteiger partial charge in [0.2, 0.25) is 0 Å².